The lowest BCUT2D eigenvalue weighted by molar-refractivity contribution is -0.147. The largest absolute Gasteiger partial charge is 0.492 e. The van der Waals surface area contributed by atoms with Crippen LogP contribution in [0, 0.1) is 0 Å². The molecule has 0 heterocycles. The second-order valence-corrected chi connectivity index (χ2v) is 15.0. The first-order valence-corrected chi connectivity index (χ1v) is 22.6. The Bertz CT molecular complexity index is 1100. The molecule has 0 bridgehead atoms. The maximum atomic E-state index is 12.4. The van der Waals surface area contributed by atoms with Gasteiger partial charge in [-0.1, -0.05) is 145 Å². The van der Waals surface area contributed by atoms with E-state index in [1.54, 1.807) is 6.26 Å². The summed E-state index contributed by atoms with van der Waals surface area (Å²) >= 11 is 0. The van der Waals surface area contributed by atoms with Gasteiger partial charge in [-0.05, 0) is 89.5 Å². The Morgan fingerprint density at radius 1 is 0.574 bits per heavy atom. The molecule has 0 saturated heterocycles. The molecular weight excluding hydrogens is 697 g/mol. The average molecular weight is 776 g/mol. The SMILES string of the molecule is CCCCCC=CCC=CCC=CCC=CCC=CCCC(=O)OCC(COP(=O)(O)OCCN)OC=CCCCCCCCCC=CCCCCCC. The molecule has 54 heavy (non-hydrogen) atoms. The number of rotatable bonds is 39. The van der Waals surface area contributed by atoms with Crippen LogP contribution in [0.1, 0.15) is 162 Å². The third kappa shape index (κ3) is 40.7. The molecule has 0 aromatic rings. The third-order valence-electron chi connectivity index (χ3n) is 8.39. The number of allylic oxidation sites excluding steroid dienone is 13. The van der Waals surface area contributed by atoms with Gasteiger partial charge < -0.3 is 20.1 Å². The van der Waals surface area contributed by atoms with Crippen molar-refractivity contribution in [2.75, 3.05) is 26.4 Å². The van der Waals surface area contributed by atoms with E-state index in [1.165, 1.54) is 89.9 Å². The van der Waals surface area contributed by atoms with Crippen LogP contribution in [0.25, 0.3) is 0 Å². The number of hydrogen-bond acceptors (Lipinski definition) is 7. The van der Waals surface area contributed by atoms with E-state index in [9.17, 15) is 14.3 Å². The molecule has 9 heteroatoms. The van der Waals surface area contributed by atoms with E-state index < -0.39 is 13.9 Å². The number of ether oxygens (including phenoxy) is 2. The maximum absolute atomic E-state index is 12.4. The molecule has 0 fully saturated rings. The highest BCUT2D eigenvalue weighted by atomic mass is 31.2. The van der Waals surface area contributed by atoms with E-state index in [2.05, 4.69) is 74.6 Å². The van der Waals surface area contributed by atoms with Crippen LogP contribution in [-0.4, -0.2) is 43.3 Å². The maximum Gasteiger partial charge on any atom is 0.472 e. The van der Waals surface area contributed by atoms with E-state index in [0.29, 0.717) is 6.42 Å². The molecule has 0 aliphatic rings. The van der Waals surface area contributed by atoms with Crippen molar-refractivity contribution < 1.29 is 32.8 Å². The van der Waals surface area contributed by atoms with Crippen molar-refractivity contribution >= 4 is 13.8 Å². The monoisotopic (exact) mass is 776 g/mol. The standard InChI is InChI=1S/C45H78NO7P/c1-3-5-7-9-11-13-15-17-19-21-22-23-24-26-28-30-32-34-36-38-45(47)51-42-44(43-53-54(48,49)52-41-39-46)50-40-37-35-33-31-29-27-25-20-18-16-14-12-10-8-6-4-2/h11,13-14,16-17,19,22-23,26,28,32,34,37,40,44H,3-10,12,15,18,20-21,24-25,27,29-31,33,35-36,38-39,41-43,46H2,1-2H3,(H,48,49). The highest BCUT2D eigenvalue weighted by molar-refractivity contribution is 7.47. The predicted molar refractivity (Wildman–Crippen MR) is 228 cm³/mol. The summed E-state index contributed by atoms with van der Waals surface area (Å²) in [5.41, 5.74) is 5.36. The summed E-state index contributed by atoms with van der Waals surface area (Å²) in [4.78, 5) is 22.2. The second-order valence-electron chi connectivity index (χ2n) is 13.6. The molecule has 3 N–H and O–H groups in total. The Kier molecular flexibility index (Phi) is 39.8. The van der Waals surface area contributed by atoms with E-state index in [-0.39, 0.29) is 38.8 Å². The molecular formula is C45H78NO7P. The van der Waals surface area contributed by atoms with Crippen molar-refractivity contribution in [3.8, 4) is 0 Å². The van der Waals surface area contributed by atoms with Gasteiger partial charge in [0.1, 0.15) is 6.61 Å². The predicted octanol–water partition coefficient (Wildman–Crippen LogP) is 12.9. The minimum absolute atomic E-state index is 0.0861. The van der Waals surface area contributed by atoms with Crippen LogP contribution >= 0.6 is 7.82 Å². The zero-order valence-corrected chi connectivity index (χ0v) is 35.1. The third-order valence-corrected chi connectivity index (χ3v) is 9.37. The van der Waals surface area contributed by atoms with Gasteiger partial charge in [0, 0.05) is 13.0 Å². The highest BCUT2D eigenvalue weighted by Gasteiger charge is 2.24. The van der Waals surface area contributed by atoms with Gasteiger partial charge >= 0.3 is 13.8 Å². The molecule has 0 amide bonds. The number of phosphoric acid groups is 1. The summed E-state index contributed by atoms with van der Waals surface area (Å²) in [5.74, 6) is -0.375. The molecule has 8 nitrogen and oxygen atoms in total. The van der Waals surface area contributed by atoms with E-state index >= 15 is 0 Å². The quantitative estimate of drug-likeness (QED) is 0.0208. The highest BCUT2D eigenvalue weighted by Crippen LogP contribution is 2.43. The van der Waals surface area contributed by atoms with Crippen molar-refractivity contribution in [1.29, 1.82) is 0 Å². The lowest BCUT2D eigenvalue weighted by Crippen LogP contribution is -2.25. The van der Waals surface area contributed by atoms with Crippen LogP contribution in [0.2, 0.25) is 0 Å². The fraction of sp³-hybridized carbons (Fsp3) is 0.667. The molecule has 2 unspecified atom stereocenters. The lowest BCUT2D eigenvalue weighted by atomic mass is 10.1. The second kappa shape index (κ2) is 41.7. The molecule has 0 radical (unpaired) electrons. The van der Waals surface area contributed by atoms with Crippen molar-refractivity contribution in [3.63, 3.8) is 0 Å². The molecule has 310 valence electrons. The number of esters is 1. The Morgan fingerprint density at radius 3 is 1.54 bits per heavy atom. The Labute approximate surface area is 330 Å². The van der Waals surface area contributed by atoms with Gasteiger partial charge in [0.25, 0.3) is 0 Å². The fourth-order valence-electron chi connectivity index (χ4n) is 5.19. The molecule has 0 aromatic heterocycles. The van der Waals surface area contributed by atoms with Crippen LogP contribution in [0.3, 0.4) is 0 Å². The summed E-state index contributed by atoms with van der Waals surface area (Å²) in [6.07, 6.45) is 54.2. The summed E-state index contributed by atoms with van der Waals surface area (Å²) in [6.45, 7) is 4.06. The van der Waals surface area contributed by atoms with Gasteiger partial charge in [0.2, 0.25) is 0 Å². The first kappa shape index (κ1) is 51.5. The van der Waals surface area contributed by atoms with Crippen LogP contribution in [0.15, 0.2) is 85.3 Å². The van der Waals surface area contributed by atoms with E-state index in [0.717, 1.165) is 44.9 Å². The first-order valence-electron chi connectivity index (χ1n) is 21.1. The molecule has 0 rings (SSSR count). The molecule has 0 aliphatic carbocycles. The molecule has 2 atom stereocenters. The lowest BCUT2D eigenvalue weighted by Gasteiger charge is -2.19. The number of phosphoric ester groups is 1. The van der Waals surface area contributed by atoms with Gasteiger partial charge in [0.15, 0.2) is 6.10 Å². The number of hydrogen-bond donors (Lipinski definition) is 2. The van der Waals surface area contributed by atoms with Crippen molar-refractivity contribution in [2.24, 2.45) is 5.73 Å². The minimum atomic E-state index is -4.29. The summed E-state index contributed by atoms with van der Waals surface area (Å²) in [7, 11) is -4.29. The van der Waals surface area contributed by atoms with Gasteiger partial charge in [-0.3, -0.25) is 13.8 Å². The zero-order chi connectivity index (χ0) is 39.5. The van der Waals surface area contributed by atoms with E-state index in [1.807, 2.05) is 18.2 Å². The topological polar surface area (TPSA) is 117 Å². The van der Waals surface area contributed by atoms with Crippen LogP contribution in [-0.2, 0) is 27.9 Å². The van der Waals surface area contributed by atoms with Crippen LogP contribution in [0.5, 0.6) is 0 Å². The normalized spacial score (nSPS) is 14.3. The number of unbranched alkanes of at least 4 members (excludes halogenated alkanes) is 14. The van der Waals surface area contributed by atoms with Crippen molar-refractivity contribution in [1.82, 2.24) is 0 Å². The number of carbonyl (C=O) groups excluding carboxylic acids is 1. The van der Waals surface area contributed by atoms with Crippen LogP contribution in [0.4, 0.5) is 0 Å². The smallest absolute Gasteiger partial charge is 0.472 e. The first-order chi connectivity index (χ1) is 26.4. The van der Waals surface area contributed by atoms with Crippen molar-refractivity contribution in [3.05, 3.63) is 85.3 Å². The van der Waals surface area contributed by atoms with Gasteiger partial charge in [-0.2, -0.15) is 0 Å². The van der Waals surface area contributed by atoms with Gasteiger partial charge in [0.05, 0.1) is 19.5 Å². The summed E-state index contributed by atoms with van der Waals surface area (Å²) < 4.78 is 33.1. The Balaban J connectivity index is 4.25. The molecule has 0 aromatic carbocycles. The van der Waals surface area contributed by atoms with Gasteiger partial charge in [-0.15, -0.1) is 0 Å². The fourth-order valence-corrected chi connectivity index (χ4v) is 5.96. The molecule has 0 spiro atoms. The Morgan fingerprint density at radius 2 is 1.00 bits per heavy atom. The zero-order valence-electron chi connectivity index (χ0n) is 34.2. The molecule has 0 saturated carbocycles. The summed E-state index contributed by atoms with van der Waals surface area (Å²) in [5, 5.41) is 0. The van der Waals surface area contributed by atoms with E-state index in [4.69, 9.17) is 24.3 Å². The summed E-state index contributed by atoms with van der Waals surface area (Å²) in [6, 6.07) is 0. The van der Waals surface area contributed by atoms with Gasteiger partial charge in [-0.25, -0.2) is 4.57 Å². The van der Waals surface area contributed by atoms with Crippen molar-refractivity contribution in [2.45, 2.75) is 168 Å². The average Bonchev–Trinajstić information content (AvgIpc) is 3.16. The van der Waals surface area contributed by atoms with Crippen LogP contribution < -0.4 is 5.73 Å². The molecule has 0 aliphatic heterocycles. The number of carbonyl (C=O) groups is 1. The minimum Gasteiger partial charge on any atom is -0.492 e. The Hall–Kier alpha value is -2.48. The number of nitrogens with two attached hydrogens (primary N) is 1.